The summed E-state index contributed by atoms with van der Waals surface area (Å²) in [7, 11) is 0. The number of ether oxygens (including phenoxy) is 1. The normalized spacial score (nSPS) is 27.5. The first-order valence-electron chi connectivity index (χ1n) is 5.84. The number of carbonyl (C=O) groups is 1. The summed E-state index contributed by atoms with van der Waals surface area (Å²) in [6.07, 6.45) is 2.86. The van der Waals surface area contributed by atoms with Gasteiger partial charge in [-0.25, -0.2) is 0 Å². The van der Waals surface area contributed by atoms with Crippen molar-refractivity contribution in [2.45, 2.75) is 52.6 Å². The number of rotatable bonds is 3. The van der Waals surface area contributed by atoms with Crippen LogP contribution in [0.25, 0.3) is 0 Å². The van der Waals surface area contributed by atoms with E-state index in [1.165, 1.54) is 0 Å². The number of esters is 1. The fraction of sp³-hybridized carbons (Fsp3) is 0.917. The monoisotopic (exact) mass is 213 g/mol. The molecular formula is C12H23NO2. The van der Waals surface area contributed by atoms with E-state index in [2.05, 4.69) is 5.32 Å². The molecule has 0 radical (unpaired) electrons. The zero-order valence-corrected chi connectivity index (χ0v) is 10.4. The van der Waals surface area contributed by atoms with Crippen LogP contribution in [0.5, 0.6) is 0 Å². The molecule has 1 heterocycles. The van der Waals surface area contributed by atoms with Crippen LogP contribution >= 0.6 is 0 Å². The van der Waals surface area contributed by atoms with Crippen LogP contribution < -0.4 is 5.32 Å². The maximum atomic E-state index is 11.9. The van der Waals surface area contributed by atoms with Gasteiger partial charge in [-0.2, -0.15) is 0 Å². The molecule has 0 aromatic heterocycles. The molecule has 0 saturated carbocycles. The Hall–Kier alpha value is -0.570. The second-order valence-corrected chi connectivity index (χ2v) is 5.36. The molecule has 1 N–H and O–H groups in total. The Morgan fingerprint density at radius 1 is 1.53 bits per heavy atom. The van der Waals surface area contributed by atoms with Crippen molar-refractivity contribution in [3.05, 3.63) is 0 Å². The molecule has 1 rings (SSSR count). The molecule has 88 valence electrons. The molecule has 3 nitrogen and oxygen atoms in total. The van der Waals surface area contributed by atoms with Gasteiger partial charge in [-0.05, 0) is 46.6 Å². The van der Waals surface area contributed by atoms with Gasteiger partial charge in [0.05, 0.1) is 5.41 Å². The van der Waals surface area contributed by atoms with E-state index in [4.69, 9.17) is 4.74 Å². The molecule has 1 unspecified atom stereocenters. The van der Waals surface area contributed by atoms with Gasteiger partial charge in [0.1, 0.15) is 5.60 Å². The SMILES string of the molecule is CCC(C)(C)C(=O)OC1(C)CCCNC1. The smallest absolute Gasteiger partial charge is 0.312 e. The predicted octanol–water partition coefficient (Wildman–Crippen LogP) is 2.11. The summed E-state index contributed by atoms with van der Waals surface area (Å²) in [5.74, 6) is -0.0730. The summed E-state index contributed by atoms with van der Waals surface area (Å²) >= 11 is 0. The third-order valence-electron chi connectivity index (χ3n) is 3.33. The summed E-state index contributed by atoms with van der Waals surface area (Å²) in [4.78, 5) is 11.9. The lowest BCUT2D eigenvalue weighted by atomic mass is 9.89. The van der Waals surface area contributed by atoms with E-state index in [1.54, 1.807) is 0 Å². The first-order chi connectivity index (χ1) is 6.90. The molecule has 1 atom stereocenters. The minimum Gasteiger partial charge on any atom is -0.458 e. The fourth-order valence-electron chi connectivity index (χ4n) is 1.62. The Bertz CT molecular complexity index is 230. The molecule has 1 saturated heterocycles. The van der Waals surface area contributed by atoms with E-state index >= 15 is 0 Å². The molecule has 3 heteroatoms. The highest BCUT2D eigenvalue weighted by Crippen LogP contribution is 2.27. The second-order valence-electron chi connectivity index (χ2n) is 5.36. The second kappa shape index (κ2) is 4.52. The van der Waals surface area contributed by atoms with Crippen LogP contribution in [0, 0.1) is 5.41 Å². The number of hydrogen-bond acceptors (Lipinski definition) is 3. The Labute approximate surface area is 92.6 Å². The van der Waals surface area contributed by atoms with Gasteiger partial charge >= 0.3 is 5.97 Å². The van der Waals surface area contributed by atoms with Gasteiger partial charge in [-0.3, -0.25) is 4.79 Å². The van der Waals surface area contributed by atoms with Crippen molar-refractivity contribution < 1.29 is 9.53 Å². The van der Waals surface area contributed by atoms with Crippen LogP contribution in [0.2, 0.25) is 0 Å². The largest absolute Gasteiger partial charge is 0.458 e. The van der Waals surface area contributed by atoms with Gasteiger partial charge in [0, 0.05) is 6.54 Å². The molecule has 0 bridgehead atoms. The molecule has 15 heavy (non-hydrogen) atoms. The van der Waals surface area contributed by atoms with Crippen LogP contribution in [0.4, 0.5) is 0 Å². The van der Waals surface area contributed by atoms with E-state index < -0.39 is 0 Å². The minimum absolute atomic E-state index is 0.0730. The predicted molar refractivity (Wildman–Crippen MR) is 60.7 cm³/mol. The van der Waals surface area contributed by atoms with Gasteiger partial charge in [-0.1, -0.05) is 6.92 Å². The van der Waals surface area contributed by atoms with E-state index in [0.29, 0.717) is 0 Å². The van der Waals surface area contributed by atoms with Gasteiger partial charge in [0.25, 0.3) is 0 Å². The van der Waals surface area contributed by atoms with Crippen molar-refractivity contribution in [1.82, 2.24) is 5.32 Å². The van der Waals surface area contributed by atoms with E-state index in [-0.39, 0.29) is 17.0 Å². The van der Waals surface area contributed by atoms with Crippen LogP contribution in [-0.2, 0) is 9.53 Å². The molecule has 0 aliphatic carbocycles. The highest BCUT2D eigenvalue weighted by Gasteiger charge is 2.36. The highest BCUT2D eigenvalue weighted by molar-refractivity contribution is 5.76. The highest BCUT2D eigenvalue weighted by atomic mass is 16.6. The third kappa shape index (κ3) is 3.20. The lowest BCUT2D eigenvalue weighted by molar-refractivity contribution is -0.170. The average Bonchev–Trinajstić information content (AvgIpc) is 2.18. The summed E-state index contributed by atoms with van der Waals surface area (Å²) < 4.78 is 5.63. The van der Waals surface area contributed by atoms with Crippen molar-refractivity contribution in [1.29, 1.82) is 0 Å². The Kier molecular flexibility index (Phi) is 3.77. The van der Waals surface area contributed by atoms with Gasteiger partial charge in [0.2, 0.25) is 0 Å². The third-order valence-corrected chi connectivity index (χ3v) is 3.33. The van der Waals surface area contributed by atoms with Gasteiger partial charge in [0.15, 0.2) is 0 Å². The van der Waals surface area contributed by atoms with Crippen LogP contribution in [0.1, 0.15) is 47.0 Å². The molecule has 0 spiro atoms. The van der Waals surface area contributed by atoms with Gasteiger partial charge < -0.3 is 10.1 Å². The number of carbonyl (C=O) groups excluding carboxylic acids is 1. The Morgan fingerprint density at radius 3 is 2.67 bits per heavy atom. The molecule has 1 aliphatic rings. The van der Waals surface area contributed by atoms with Gasteiger partial charge in [-0.15, -0.1) is 0 Å². The zero-order chi connectivity index (χ0) is 11.5. The van der Waals surface area contributed by atoms with E-state index in [9.17, 15) is 4.79 Å². The van der Waals surface area contributed by atoms with Crippen molar-refractivity contribution in [3.63, 3.8) is 0 Å². The quantitative estimate of drug-likeness (QED) is 0.730. The molecule has 0 aromatic carbocycles. The lowest BCUT2D eigenvalue weighted by Gasteiger charge is -2.36. The summed E-state index contributed by atoms with van der Waals surface area (Å²) in [5, 5.41) is 3.27. The molecular weight excluding hydrogens is 190 g/mol. The maximum absolute atomic E-state index is 11.9. The minimum atomic E-state index is -0.361. The fourth-order valence-corrected chi connectivity index (χ4v) is 1.62. The average molecular weight is 213 g/mol. The van der Waals surface area contributed by atoms with E-state index in [0.717, 1.165) is 32.4 Å². The van der Waals surface area contributed by atoms with Crippen molar-refractivity contribution in [3.8, 4) is 0 Å². The Morgan fingerprint density at radius 2 is 2.20 bits per heavy atom. The summed E-state index contributed by atoms with van der Waals surface area (Å²) in [5.41, 5.74) is -0.664. The molecule has 0 amide bonds. The van der Waals surface area contributed by atoms with Crippen LogP contribution in [0.3, 0.4) is 0 Å². The van der Waals surface area contributed by atoms with Crippen LogP contribution in [-0.4, -0.2) is 24.7 Å². The van der Waals surface area contributed by atoms with Crippen molar-refractivity contribution in [2.75, 3.05) is 13.1 Å². The molecule has 0 aromatic rings. The lowest BCUT2D eigenvalue weighted by Crippen LogP contribution is -2.48. The maximum Gasteiger partial charge on any atom is 0.312 e. The first-order valence-corrected chi connectivity index (χ1v) is 5.84. The zero-order valence-electron chi connectivity index (χ0n) is 10.4. The molecule has 1 aliphatic heterocycles. The standard InChI is InChI=1S/C12H23NO2/c1-5-11(2,3)10(14)15-12(4)7-6-8-13-9-12/h13H,5-9H2,1-4H3. The van der Waals surface area contributed by atoms with Crippen molar-refractivity contribution >= 4 is 5.97 Å². The van der Waals surface area contributed by atoms with Crippen LogP contribution in [0.15, 0.2) is 0 Å². The Balaban J connectivity index is 2.56. The number of nitrogens with one attached hydrogen (secondary N) is 1. The van der Waals surface area contributed by atoms with E-state index in [1.807, 2.05) is 27.7 Å². The molecule has 1 fully saturated rings. The van der Waals surface area contributed by atoms with Crippen molar-refractivity contribution in [2.24, 2.45) is 5.41 Å². The number of piperidine rings is 1. The first kappa shape index (κ1) is 12.5. The topological polar surface area (TPSA) is 38.3 Å². The number of hydrogen-bond donors (Lipinski definition) is 1. The summed E-state index contributed by atoms with van der Waals surface area (Å²) in [6, 6.07) is 0. The summed E-state index contributed by atoms with van der Waals surface area (Å²) in [6.45, 7) is 9.72.